The number of carbonyl (C=O) groups is 1. The standard InChI is InChI=1S/C13H12N2O/c1-9-4-2-5-10(8-9)11-6-3-7-15-12(11)13(14)16/h2-8H,1H3,(H2,14,16). The number of hydrogen-bond donors (Lipinski definition) is 1. The molecule has 2 rings (SSSR count). The van der Waals surface area contributed by atoms with Crippen LogP contribution in [-0.4, -0.2) is 10.9 Å². The molecule has 0 bridgehead atoms. The van der Waals surface area contributed by atoms with Gasteiger partial charge in [-0.3, -0.25) is 9.78 Å². The van der Waals surface area contributed by atoms with Gasteiger partial charge in [0.2, 0.25) is 0 Å². The monoisotopic (exact) mass is 212 g/mol. The number of nitrogens with two attached hydrogens (primary N) is 1. The van der Waals surface area contributed by atoms with E-state index in [4.69, 9.17) is 5.73 Å². The van der Waals surface area contributed by atoms with E-state index in [1.165, 1.54) is 0 Å². The second kappa shape index (κ2) is 4.14. The van der Waals surface area contributed by atoms with Crippen molar-refractivity contribution in [2.75, 3.05) is 0 Å². The topological polar surface area (TPSA) is 56.0 Å². The van der Waals surface area contributed by atoms with Gasteiger partial charge < -0.3 is 5.73 Å². The molecule has 0 fully saturated rings. The average molecular weight is 212 g/mol. The summed E-state index contributed by atoms with van der Waals surface area (Å²) in [6, 6.07) is 11.5. The summed E-state index contributed by atoms with van der Waals surface area (Å²) >= 11 is 0. The van der Waals surface area contributed by atoms with Gasteiger partial charge in [-0.15, -0.1) is 0 Å². The third-order valence-corrected chi connectivity index (χ3v) is 2.37. The van der Waals surface area contributed by atoms with Crippen molar-refractivity contribution in [2.24, 2.45) is 5.73 Å². The third-order valence-electron chi connectivity index (χ3n) is 2.37. The fourth-order valence-corrected chi connectivity index (χ4v) is 1.65. The Kier molecular flexibility index (Phi) is 2.68. The molecule has 0 unspecified atom stereocenters. The van der Waals surface area contributed by atoms with Crippen LogP contribution in [0.2, 0.25) is 0 Å². The summed E-state index contributed by atoms with van der Waals surface area (Å²) < 4.78 is 0. The van der Waals surface area contributed by atoms with E-state index in [9.17, 15) is 4.79 Å². The predicted octanol–water partition coefficient (Wildman–Crippen LogP) is 2.16. The van der Waals surface area contributed by atoms with Crippen LogP contribution < -0.4 is 5.73 Å². The minimum atomic E-state index is -0.503. The number of benzene rings is 1. The van der Waals surface area contributed by atoms with Crippen LogP contribution in [-0.2, 0) is 0 Å². The van der Waals surface area contributed by atoms with E-state index in [1.807, 2.05) is 37.3 Å². The molecule has 0 aliphatic carbocycles. The zero-order chi connectivity index (χ0) is 11.5. The summed E-state index contributed by atoms with van der Waals surface area (Å²) in [5.41, 5.74) is 8.47. The van der Waals surface area contributed by atoms with Crippen molar-refractivity contribution in [1.29, 1.82) is 0 Å². The van der Waals surface area contributed by atoms with Crippen molar-refractivity contribution in [2.45, 2.75) is 6.92 Å². The lowest BCUT2D eigenvalue weighted by Gasteiger charge is -2.06. The summed E-state index contributed by atoms with van der Waals surface area (Å²) in [4.78, 5) is 15.2. The van der Waals surface area contributed by atoms with Gasteiger partial charge >= 0.3 is 0 Å². The molecule has 1 aromatic heterocycles. The Labute approximate surface area is 93.9 Å². The van der Waals surface area contributed by atoms with Gasteiger partial charge in [-0.25, -0.2) is 0 Å². The molecule has 0 saturated carbocycles. The van der Waals surface area contributed by atoms with Crippen molar-refractivity contribution >= 4 is 5.91 Å². The zero-order valence-electron chi connectivity index (χ0n) is 8.97. The highest BCUT2D eigenvalue weighted by Gasteiger charge is 2.10. The molecule has 0 atom stereocenters. The molecule has 0 saturated heterocycles. The lowest BCUT2D eigenvalue weighted by atomic mass is 10.0. The Morgan fingerprint density at radius 1 is 1.25 bits per heavy atom. The van der Waals surface area contributed by atoms with E-state index in [-0.39, 0.29) is 0 Å². The molecule has 2 N–H and O–H groups in total. The number of primary amides is 1. The van der Waals surface area contributed by atoms with Crippen LogP contribution in [0.25, 0.3) is 11.1 Å². The van der Waals surface area contributed by atoms with Crippen LogP contribution in [0.3, 0.4) is 0 Å². The molecule has 0 radical (unpaired) electrons. The highest BCUT2D eigenvalue weighted by atomic mass is 16.1. The lowest BCUT2D eigenvalue weighted by molar-refractivity contribution is 0.0996. The zero-order valence-corrected chi connectivity index (χ0v) is 8.97. The first-order valence-electron chi connectivity index (χ1n) is 5.00. The van der Waals surface area contributed by atoms with Crippen molar-refractivity contribution in [3.05, 3.63) is 53.9 Å². The number of nitrogens with zero attached hydrogens (tertiary/aromatic N) is 1. The number of amides is 1. The van der Waals surface area contributed by atoms with E-state index < -0.39 is 5.91 Å². The van der Waals surface area contributed by atoms with E-state index in [0.29, 0.717) is 5.69 Å². The van der Waals surface area contributed by atoms with E-state index in [0.717, 1.165) is 16.7 Å². The SMILES string of the molecule is Cc1cccc(-c2cccnc2C(N)=O)c1. The van der Waals surface area contributed by atoms with Gasteiger partial charge in [-0.2, -0.15) is 0 Å². The Hall–Kier alpha value is -2.16. The summed E-state index contributed by atoms with van der Waals surface area (Å²) in [5.74, 6) is -0.503. The first kappa shape index (κ1) is 10.4. The summed E-state index contributed by atoms with van der Waals surface area (Å²) in [6.45, 7) is 2.00. The predicted molar refractivity (Wildman–Crippen MR) is 62.9 cm³/mol. The summed E-state index contributed by atoms with van der Waals surface area (Å²) in [5, 5.41) is 0. The van der Waals surface area contributed by atoms with Crippen molar-refractivity contribution in [1.82, 2.24) is 4.98 Å². The first-order chi connectivity index (χ1) is 7.68. The second-order valence-electron chi connectivity index (χ2n) is 3.63. The Morgan fingerprint density at radius 2 is 2.06 bits per heavy atom. The van der Waals surface area contributed by atoms with Crippen molar-refractivity contribution in [3.8, 4) is 11.1 Å². The lowest BCUT2D eigenvalue weighted by Crippen LogP contribution is -2.14. The average Bonchev–Trinajstić information content (AvgIpc) is 2.29. The number of hydrogen-bond acceptors (Lipinski definition) is 2. The van der Waals surface area contributed by atoms with Crippen LogP contribution in [0, 0.1) is 6.92 Å². The van der Waals surface area contributed by atoms with Crippen molar-refractivity contribution < 1.29 is 4.79 Å². The van der Waals surface area contributed by atoms with Gasteiger partial charge in [0.1, 0.15) is 5.69 Å². The molecule has 3 nitrogen and oxygen atoms in total. The van der Waals surface area contributed by atoms with Gasteiger partial charge in [0.15, 0.2) is 0 Å². The molecule has 16 heavy (non-hydrogen) atoms. The Morgan fingerprint density at radius 3 is 2.75 bits per heavy atom. The molecule has 1 heterocycles. The number of carbonyl (C=O) groups excluding carboxylic acids is 1. The summed E-state index contributed by atoms with van der Waals surface area (Å²) in [6.07, 6.45) is 1.57. The molecule has 0 spiro atoms. The van der Waals surface area contributed by atoms with Crippen LogP contribution >= 0.6 is 0 Å². The van der Waals surface area contributed by atoms with Gasteiger partial charge in [0.25, 0.3) is 5.91 Å². The number of aryl methyl sites for hydroxylation is 1. The maximum absolute atomic E-state index is 11.2. The second-order valence-corrected chi connectivity index (χ2v) is 3.63. The fraction of sp³-hybridized carbons (Fsp3) is 0.0769. The molecule has 0 aliphatic rings. The minimum Gasteiger partial charge on any atom is -0.364 e. The van der Waals surface area contributed by atoms with Crippen LogP contribution in [0.1, 0.15) is 16.1 Å². The number of rotatable bonds is 2. The van der Waals surface area contributed by atoms with Crippen LogP contribution in [0.4, 0.5) is 0 Å². The smallest absolute Gasteiger partial charge is 0.267 e. The maximum Gasteiger partial charge on any atom is 0.267 e. The molecule has 1 aromatic carbocycles. The van der Waals surface area contributed by atoms with E-state index in [1.54, 1.807) is 12.3 Å². The molecular weight excluding hydrogens is 200 g/mol. The number of pyridine rings is 1. The fourth-order valence-electron chi connectivity index (χ4n) is 1.65. The van der Waals surface area contributed by atoms with Crippen LogP contribution in [0.15, 0.2) is 42.6 Å². The number of aromatic nitrogens is 1. The molecular formula is C13H12N2O. The molecule has 1 amide bonds. The normalized spacial score (nSPS) is 10.1. The summed E-state index contributed by atoms with van der Waals surface area (Å²) in [7, 11) is 0. The van der Waals surface area contributed by atoms with Gasteiger partial charge in [-0.1, -0.05) is 35.9 Å². The largest absolute Gasteiger partial charge is 0.364 e. The van der Waals surface area contributed by atoms with Crippen LogP contribution in [0.5, 0.6) is 0 Å². The van der Waals surface area contributed by atoms with Gasteiger partial charge in [0, 0.05) is 11.8 Å². The highest BCUT2D eigenvalue weighted by Crippen LogP contribution is 2.22. The quantitative estimate of drug-likeness (QED) is 0.829. The van der Waals surface area contributed by atoms with E-state index in [2.05, 4.69) is 4.98 Å². The molecule has 2 aromatic rings. The molecule has 80 valence electrons. The Bertz CT molecular complexity index is 535. The first-order valence-corrected chi connectivity index (χ1v) is 5.00. The third kappa shape index (κ3) is 1.93. The van der Waals surface area contributed by atoms with Crippen molar-refractivity contribution in [3.63, 3.8) is 0 Å². The minimum absolute atomic E-state index is 0.313. The van der Waals surface area contributed by atoms with Gasteiger partial charge in [0.05, 0.1) is 0 Å². The van der Waals surface area contributed by atoms with Gasteiger partial charge in [-0.05, 0) is 18.6 Å². The molecule has 3 heteroatoms. The Balaban J connectivity index is 2.60. The maximum atomic E-state index is 11.2. The van der Waals surface area contributed by atoms with E-state index >= 15 is 0 Å². The highest BCUT2D eigenvalue weighted by molar-refractivity contribution is 5.97. The molecule has 0 aliphatic heterocycles.